The lowest BCUT2D eigenvalue weighted by molar-refractivity contribution is -0.123. The third kappa shape index (κ3) is 4.60. The van der Waals surface area contributed by atoms with Crippen LogP contribution in [0.1, 0.15) is 31.7 Å². The average molecular weight is 290 g/mol. The summed E-state index contributed by atoms with van der Waals surface area (Å²) in [6.45, 7) is 2.05. The normalized spacial score (nSPS) is 17.2. The molecule has 1 aliphatic rings. The van der Waals surface area contributed by atoms with E-state index in [0.717, 1.165) is 17.9 Å². The zero-order chi connectivity index (χ0) is 14.5. The maximum absolute atomic E-state index is 12.3. The highest BCUT2D eigenvalue weighted by atomic mass is 32.1. The van der Waals surface area contributed by atoms with Crippen LogP contribution in [0.15, 0.2) is 30.3 Å². The van der Waals surface area contributed by atoms with E-state index < -0.39 is 5.92 Å². The van der Waals surface area contributed by atoms with Crippen molar-refractivity contribution in [3.05, 3.63) is 35.9 Å². The predicted molar refractivity (Wildman–Crippen MR) is 85.4 cm³/mol. The first-order valence-electron chi connectivity index (χ1n) is 7.20. The van der Waals surface area contributed by atoms with Crippen molar-refractivity contribution in [1.82, 2.24) is 5.32 Å². The molecule has 1 fully saturated rings. The van der Waals surface area contributed by atoms with Crippen LogP contribution in [-0.4, -0.2) is 16.9 Å². The molecule has 0 aromatic heterocycles. The van der Waals surface area contributed by atoms with Crippen molar-refractivity contribution in [2.24, 2.45) is 17.6 Å². The van der Waals surface area contributed by atoms with Gasteiger partial charge in [0.25, 0.3) is 0 Å². The van der Waals surface area contributed by atoms with E-state index in [0.29, 0.717) is 6.42 Å². The number of hydrogen-bond acceptors (Lipinski definition) is 2. The van der Waals surface area contributed by atoms with Gasteiger partial charge in [0.05, 0.1) is 10.9 Å². The number of nitrogens with one attached hydrogen (secondary N) is 1. The number of nitrogens with two attached hydrogens (primary N) is 1. The van der Waals surface area contributed by atoms with Gasteiger partial charge in [0, 0.05) is 6.04 Å². The Balaban J connectivity index is 1.93. The Morgan fingerprint density at radius 3 is 2.60 bits per heavy atom. The summed E-state index contributed by atoms with van der Waals surface area (Å²) in [4.78, 5) is 12.6. The molecule has 0 radical (unpaired) electrons. The first kappa shape index (κ1) is 15.0. The van der Waals surface area contributed by atoms with Gasteiger partial charge < -0.3 is 11.1 Å². The Morgan fingerprint density at radius 1 is 1.40 bits per heavy atom. The van der Waals surface area contributed by atoms with E-state index in [4.69, 9.17) is 18.0 Å². The molecular weight excluding hydrogens is 268 g/mol. The first-order chi connectivity index (χ1) is 9.56. The highest BCUT2D eigenvalue weighted by molar-refractivity contribution is 7.80. The van der Waals surface area contributed by atoms with Crippen molar-refractivity contribution in [3.63, 3.8) is 0 Å². The summed E-state index contributed by atoms with van der Waals surface area (Å²) < 4.78 is 0. The van der Waals surface area contributed by atoms with E-state index in [1.54, 1.807) is 0 Å². The van der Waals surface area contributed by atoms with E-state index in [-0.39, 0.29) is 16.9 Å². The zero-order valence-corrected chi connectivity index (χ0v) is 12.7. The lowest BCUT2D eigenvalue weighted by Gasteiger charge is -2.19. The molecule has 1 aromatic carbocycles. The summed E-state index contributed by atoms with van der Waals surface area (Å²) in [7, 11) is 0. The van der Waals surface area contributed by atoms with Gasteiger partial charge >= 0.3 is 0 Å². The Bertz CT molecular complexity index is 471. The highest BCUT2D eigenvalue weighted by Crippen LogP contribution is 2.33. The Hall–Kier alpha value is -1.42. The van der Waals surface area contributed by atoms with Crippen LogP contribution < -0.4 is 11.1 Å². The molecule has 1 aromatic rings. The van der Waals surface area contributed by atoms with Gasteiger partial charge in [0.2, 0.25) is 5.91 Å². The fraction of sp³-hybridized carbons (Fsp3) is 0.500. The van der Waals surface area contributed by atoms with Gasteiger partial charge in [-0.2, -0.15) is 0 Å². The van der Waals surface area contributed by atoms with Crippen LogP contribution in [-0.2, 0) is 11.2 Å². The number of amides is 1. The van der Waals surface area contributed by atoms with Crippen LogP contribution in [0.25, 0.3) is 0 Å². The first-order valence-corrected chi connectivity index (χ1v) is 7.60. The largest absolute Gasteiger partial charge is 0.393 e. The van der Waals surface area contributed by atoms with Crippen LogP contribution in [0.3, 0.4) is 0 Å². The molecule has 3 nitrogen and oxygen atoms in total. The van der Waals surface area contributed by atoms with E-state index in [1.807, 2.05) is 30.3 Å². The molecule has 2 unspecified atom stereocenters. The Kier molecular flexibility index (Phi) is 5.12. The van der Waals surface area contributed by atoms with Gasteiger partial charge in [-0.3, -0.25) is 4.79 Å². The van der Waals surface area contributed by atoms with Gasteiger partial charge in [0.15, 0.2) is 0 Å². The molecule has 20 heavy (non-hydrogen) atoms. The maximum Gasteiger partial charge on any atom is 0.230 e. The predicted octanol–water partition coefficient (Wildman–Crippen LogP) is 2.44. The fourth-order valence-corrected chi connectivity index (χ4v) is 2.62. The number of carbonyl (C=O) groups is 1. The number of rotatable bonds is 7. The second-order valence-corrected chi connectivity index (χ2v) is 6.20. The second-order valence-electron chi connectivity index (χ2n) is 5.73. The van der Waals surface area contributed by atoms with Crippen LogP contribution in [0, 0.1) is 11.8 Å². The molecule has 0 aliphatic heterocycles. The van der Waals surface area contributed by atoms with Gasteiger partial charge in [-0.1, -0.05) is 55.4 Å². The van der Waals surface area contributed by atoms with Crippen molar-refractivity contribution in [1.29, 1.82) is 0 Å². The monoisotopic (exact) mass is 290 g/mol. The van der Waals surface area contributed by atoms with E-state index in [1.165, 1.54) is 12.8 Å². The Morgan fingerprint density at radius 2 is 2.05 bits per heavy atom. The van der Waals surface area contributed by atoms with Crippen molar-refractivity contribution < 1.29 is 4.79 Å². The van der Waals surface area contributed by atoms with Crippen molar-refractivity contribution in [3.8, 4) is 0 Å². The SMILES string of the molecule is CC(CC1CC1)NC(=O)C(Cc1ccccc1)C(N)=S. The van der Waals surface area contributed by atoms with E-state index >= 15 is 0 Å². The van der Waals surface area contributed by atoms with Crippen molar-refractivity contribution >= 4 is 23.1 Å². The summed E-state index contributed by atoms with van der Waals surface area (Å²) in [5.74, 6) is 0.325. The zero-order valence-electron chi connectivity index (χ0n) is 11.8. The van der Waals surface area contributed by atoms with Crippen LogP contribution >= 0.6 is 12.2 Å². The van der Waals surface area contributed by atoms with Crippen molar-refractivity contribution in [2.75, 3.05) is 0 Å². The maximum atomic E-state index is 12.3. The smallest absolute Gasteiger partial charge is 0.230 e. The highest BCUT2D eigenvalue weighted by Gasteiger charge is 2.27. The number of carbonyl (C=O) groups excluding carboxylic acids is 1. The van der Waals surface area contributed by atoms with Crippen LogP contribution in [0.5, 0.6) is 0 Å². The average Bonchev–Trinajstić information content (AvgIpc) is 3.20. The molecule has 0 saturated heterocycles. The van der Waals surface area contributed by atoms with E-state index in [9.17, 15) is 4.79 Å². The summed E-state index contributed by atoms with van der Waals surface area (Å²) in [5, 5.41) is 3.05. The lowest BCUT2D eigenvalue weighted by atomic mass is 9.98. The quantitative estimate of drug-likeness (QED) is 0.758. The molecule has 0 bridgehead atoms. The topological polar surface area (TPSA) is 55.1 Å². The molecule has 4 heteroatoms. The molecule has 3 N–H and O–H groups in total. The second kappa shape index (κ2) is 6.84. The minimum atomic E-state index is -0.422. The van der Waals surface area contributed by atoms with Gasteiger partial charge in [-0.15, -0.1) is 0 Å². The van der Waals surface area contributed by atoms with Gasteiger partial charge in [0.1, 0.15) is 0 Å². The fourth-order valence-electron chi connectivity index (χ4n) is 2.43. The van der Waals surface area contributed by atoms with Crippen molar-refractivity contribution in [2.45, 2.75) is 38.6 Å². The van der Waals surface area contributed by atoms with Crippen LogP contribution in [0.4, 0.5) is 0 Å². The number of thiocarbonyl (C=S) groups is 1. The molecule has 0 heterocycles. The molecule has 2 atom stereocenters. The molecule has 1 amide bonds. The molecule has 108 valence electrons. The third-order valence-corrected chi connectivity index (χ3v) is 4.00. The summed E-state index contributed by atoms with van der Waals surface area (Å²) in [6, 6.07) is 10.1. The van der Waals surface area contributed by atoms with E-state index in [2.05, 4.69) is 12.2 Å². The minimum Gasteiger partial charge on any atom is -0.393 e. The van der Waals surface area contributed by atoms with Crippen LogP contribution in [0.2, 0.25) is 0 Å². The molecule has 1 aliphatic carbocycles. The van der Waals surface area contributed by atoms with Gasteiger partial charge in [-0.25, -0.2) is 0 Å². The lowest BCUT2D eigenvalue weighted by Crippen LogP contribution is -2.43. The molecule has 0 spiro atoms. The number of benzene rings is 1. The summed E-state index contributed by atoms with van der Waals surface area (Å²) >= 11 is 5.06. The standard InChI is InChI=1S/C16H22N2OS/c1-11(9-13-7-8-13)18-16(19)14(15(17)20)10-12-5-3-2-4-6-12/h2-6,11,13-14H,7-10H2,1H3,(H2,17,20)(H,18,19). The summed E-state index contributed by atoms with van der Waals surface area (Å²) in [6.07, 6.45) is 4.21. The summed E-state index contributed by atoms with van der Waals surface area (Å²) in [5.41, 5.74) is 6.82. The third-order valence-electron chi connectivity index (χ3n) is 3.72. The molecule has 2 rings (SSSR count). The molecular formula is C16H22N2OS. The minimum absolute atomic E-state index is 0.0468. The number of hydrogen-bond donors (Lipinski definition) is 2. The Labute approximate surface area is 125 Å². The van der Waals surface area contributed by atoms with Gasteiger partial charge in [-0.05, 0) is 31.2 Å². The molecule has 1 saturated carbocycles.